The molecule has 1 heterocycles. The summed E-state index contributed by atoms with van der Waals surface area (Å²) in [6, 6.07) is 3.27. The summed E-state index contributed by atoms with van der Waals surface area (Å²) in [6.07, 6.45) is 2.25. The first-order chi connectivity index (χ1) is 7.09. The van der Waals surface area contributed by atoms with Crippen LogP contribution in [-0.2, 0) is 10.0 Å². The highest BCUT2D eigenvalue weighted by atomic mass is 35.5. The van der Waals surface area contributed by atoms with Crippen molar-refractivity contribution in [2.24, 2.45) is 11.7 Å². The van der Waals surface area contributed by atoms with E-state index in [2.05, 4.69) is 4.72 Å². The van der Waals surface area contributed by atoms with Gasteiger partial charge in [-0.2, -0.15) is 0 Å². The van der Waals surface area contributed by atoms with Gasteiger partial charge in [0.05, 0.1) is 0 Å². The number of sulfonamides is 1. The summed E-state index contributed by atoms with van der Waals surface area (Å²) in [5.74, 6) is 0.510. The average molecular weight is 283 g/mol. The number of thiophene rings is 1. The van der Waals surface area contributed by atoms with Crippen LogP contribution in [0.4, 0.5) is 0 Å². The largest absolute Gasteiger partial charge is 0.326 e. The van der Waals surface area contributed by atoms with Crippen LogP contribution in [0.5, 0.6) is 0 Å². The predicted octanol–water partition coefficient (Wildman–Crippen LogP) is 1.19. The molecule has 1 atom stereocenters. The van der Waals surface area contributed by atoms with Gasteiger partial charge in [0.2, 0.25) is 10.0 Å². The van der Waals surface area contributed by atoms with E-state index < -0.39 is 10.0 Å². The third-order valence-electron chi connectivity index (χ3n) is 2.50. The summed E-state index contributed by atoms with van der Waals surface area (Å²) in [5, 5.41) is 1.75. The molecule has 7 heteroatoms. The molecular weight excluding hydrogens is 268 g/mol. The molecule has 0 saturated heterocycles. The Morgan fingerprint density at radius 1 is 1.56 bits per heavy atom. The average Bonchev–Trinajstić information content (AvgIpc) is 2.89. The van der Waals surface area contributed by atoms with Crippen LogP contribution in [0.15, 0.2) is 21.7 Å². The van der Waals surface area contributed by atoms with Crippen molar-refractivity contribution in [1.29, 1.82) is 0 Å². The van der Waals surface area contributed by atoms with Crippen LogP contribution >= 0.6 is 23.7 Å². The molecule has 2 rings (SSSR count). The lowest BCUT2D eigenvalue weighted by Crippen LogP contribution is -2.38. The second-order valence-corrected chi connectivity index (χ2v) is 6.73. The molecule has 16 heavy (non-hydrogen) atoms. The third-order valence-corrected chi connectivity index (χ3v) is 5.32. The molecule has 1 fully saturated rings. The summed E-state index contributed by atoms with van der Waals surface area (Å²) in [6.45, 7) is 0.338. The molecule has 1 aromatic rings. The Labute approximate surface area is 106 Å². The number of hydrogen-bond acceptors (Lipinski definition) is 4. The van der Waals surface area contributed by atoms with Crippen molar-refractivity contribution in [3.63, 3.8) is 0 Å². The van der Waals surface area contributed by atoms with E-state index in [1.807, 2.05) is 0 Å². The van der Waals surface area contributed by atoms with Gasteiger partial charge in [0.15, 0.2) is 0 Å². The van der Waals surface area contributed by atoms with E-state index >= 15 is 0 Å². The van der Waals surface area contributed by atoms with E-state index in [1.165, 1.54) is 11.3 Å². The summed E-state index contributed by atoms with van der Waals surface area (Å²) in [5.41, 5.74) is 5.82. The Hall–Kier alpha value is -0.140. The van der Waals surface area contributed by atoms with E-state index in [-0.39, 0.29) is 18.4 Å². The molecule has 4 nitrogen and oxygen atoms in total. The van der Waals surface area contributed by atoms with E-state index in [0.29, 0.717) is 16.7 Å². The second kappa shape index (κ2) is 5.46. The molecule has 1 aliphatic rings. The normalized spacial score (nSPS) is 17.8. The van der Waals surface area contributed by atoms with Crippen LogP contribution in [0.1, 0.15) is 12.8 Å². The molecule has 92 valence electrons. The van der Waals surface area contributed by atoms with Gasteiger partial charge in [-0.25, -0.2) is 13.1 Å². The zero-order valence-corrected chi connectivity index (χ0v) is 11.1. The molecule has 0 radical (unpaired) electrons. The van der Waals surface area contributed by atoms with Gasteiger partial charge in [-0.3, -0.25) is 0 Å². The van der Waals surface area contributed by atoms with Crippen molar-refractivity contribution in [1.82, 2.24) is 4.72 Å². The molecule has 1 aliphatic carbocycles. The first-order valence-electron chi connectivity index (χ1n) is 4.88. The summed E-state index contributed by atoms with van der Waals surface area (Å²) >= 11 is 1.21. The molecule has 0 amide bonds. The van der Waals surface area contributed by atoms with Gasteiger partial charge in [-0.15, -0.1) is 23.7 Å². The molecule has 0 bridgehead atoms. The fourth-order valence-electron chi connectivity index (χ4n) is 1.38. The third kappa shape index (κ3) is 3.43. The van der Waals surface area contributed by atoms with Gasteiger partial charge in [-0.1, -0.05) is 6.07 Å². The minimum Gasteiger partial charge on any atom is -0.326 e. The van der Waals surface area contributed by atoms with E-state index in [4.69, 9.17) is 5.73 Å². The van der Waals surface area contributed by atoms with Crippen LogP contribution in [-0.4, -0.2) is 21.0 Å². The maximum absolute atomic E-state index is 11.7. The van der Waals surface area contributed by atoms with Gasteiger partial charge in [0, 0.05) is 12.6 Å². The van der Waals surface area contributed by atoms with Gasteiger partial charge < -0.3 is 5.73 Å². The first kappa shape index (κ1) is 13.9. The fourth-order valence-corrected chi connectivity index (χ4v) is 3.49. The van der Waals surface area contributed by atoms with Gasteiger partial charge in [0.1, 0.15) is 4.21 Å². The second-order valence-electron chi connectivity index (χ2n) is 3.79. The molecule has 0 aromatic carbocycles. The highest BCUT2D eigenvalue weighted by molar-refractivity contribution is 7.91. The minimum atomic E-state index is -3.33. The van der Waals surface area contributed by atoms with Crippen LogP contribution in [0.2, 0.25) is 0 Å². The maximum atomic E-state index is 11.7. The Balaban J connectivity index is 0.00000128. The minimum absolute atomic E-state index is 0. The monoisotopic (exact) mass is 282 g/mol. The quantitative estimate of drug-likeness (QED) is 0.852. The van der Waals surface area contributed by atoms with Crippen molar-refractivity contribution in [3.8, 4) is 0 Å². The smallest absolute Gasteiger partial charge is 0.250 e. The summed E-state index contributed by atoms with van der Waals surface area (Å²) < 4.78 is 26.3. The van der Waals surface area contributed by atoms with Crippen molar-refractivity contribution >= 4 is 33.8 Å². The van der Waals surface area contributed by atoms with Gasteiger partial charge in [0.25, 0.3) is 0 Å². The SMILES string of the molecule is Cl.NC(CNS(=O)(=O)c1cccs1)C1CC1. The topological polar surface area (TPSA) is 72.2 Å². The lowest BCUT2D eigenvalue weighted by atomic mass is 10.2. The molecule has 1 saturated carbocycles. The zero-order chi connectivity index (χ0) is 10.9. The Bertz CT molecular complexity index is 415. The number of nitrogens with two attached hydrogens (primary N) is 1. The fraction of sp³-hybridized carbons (Fsp3) is 0.556. The Kier molecular flexibility index (Phi) is 4.75. The van der Waals surface area contributed by atoms with E-state index in [1.54, 1.807) is 17.5 Å². The Morgan fingerprint density at radius 2 is 2.25 bits per heavy atom. The van der Waals surface area contributed by atoms with Crippen molar-refractivity contribution in [2.45, 2.75) is 23.1 Å². The van der Waals surface area contributed by atoms with Crippen molar-refractivity contribution in [3.05, 3.63) is 17.5 Å². The highest BCUT2D eigenvalue weighted by Gasteiger charge is 2.29. The summed E-state index contributed by atoms with van der Waals surface area (Å²) in [4.78, 5) is 0. The molecular formula is C9H15ClN2O2S2. The lowest BCUT2D eigenvalue weighted by Gasteiger charge is -2.10. The molecule has 1 aromatic heterocycles. The number of rotatable bonds is 5. The first-order valence-corrected chi connectivity index (χ1v) is 7.24. The Morgan fingerprint density at radius 3 is 2.75 bits per heavy atom. The molecule has 3 N–H and O–H groups in total. The van der Waals surface area contributed by atoms with Gasteiger partial charge in [-0.05, 0) is 30.2 Å². The number of halogens is 1. The molecule has 1 unspecified atom stereocenters. The van der Waals surface area contributed by atoms with Crippen LogP contribution < -0.4 is 10.5 Å². The van der Waals surface area contributed by atoms with Crippen LogP contribution in [0.3, 0.4) is 0 Å². The van der Waals surface area contributed by atoms with Crippen LogP contribution in [0.25, 0.3) is 0 Å². The van der Waals surface area contributed by atoms with Crippen molar-refractivity contribution in [2.75, 3.05) is 6.54 Å². The predicted molar refractivity (Wildman–Crippen MR) is 67.5 cm³/mol. The number of nitrogens with one attached hydrogen (secondary N) is 1. The van der Waals surface area contributed by atoms with Crippen LogP contribution in [0, 0.1) is 5.92 Å². The maximum Gasteiger partial charge on any atom is 0.250 e. The lowest BCUT2D eigenvalue weighted by molar-refractivity contribution is 0.549. The zero-order valence-electron chi connectivity index (χ0n) is 8.63. The van der Waals surface area contributed by atoms with E-state index in [9.17, 15) is 8.42 Å². The van der Waals surface area contributed by atoms with Gasteiger partial charge >= 0.3 is 0 Å². The van der Waals surface area contributed by atoms with E-state index in [0.717, 1.165) is 12.8 Å². The molecule has 0 spiro atoms. The van der Waals surface area contributed by atoms with Crippen molar-refractivity contribution < 1.29 is 8.42 Å². The highest BCUT2D eigenvalue weighted by Crippen LogP contribution is 2.31. The number of hydrogen-bond donors (Lipinski definition) is 2. The molecule has 0 aliphatic heterocycles. The standard InChI is InChI=1S/C9H14N2O2S2.ClH/c10-8(7-3-4-7)6-11-15(12,13)9-2-1-5-14-9;/h1-2,5,7-8,11H,3-4,6,10H2;1H. The summed E-state index contributed by atoms with van der Waals surface area (Å²) in [7, 11) is -3.33.